The van der Waals surface area contributed by atoms with Gasteiger partial charge in [0.2, 0.25) is 0 Å². The Kier molecular flexibility index (Phi) is 3.44. The summed E-state index contributed by atoms with van der Waals surface area (Å²) in [5.41, 5.74) is 0.831. The third-order valence-electron chi connectivity index (χ3n) is 3.87. The van der Waals surface area contributed by atoms with Crippen LogP contribution in [0.1, 0.15) is 44.0 Å². The fourth-order valence-corrected chi connectivity index (χ4v) is 3.35. The summed E-state index contributed by atoms with van der Waals surface area (Å²) in [7, 11) is 0. The second-order valence-corrected chi connectivity index (χ2v) is 6.06. The van der Waals surface area contributed by atoms with Gasteiger partial charge in [0.25, 0.3) is 0 Å². The van der Waals surface area contributed by atoms with Gasteiger partial charge in [-0.05, 0) is 40.4 Å². The van der Waals surface area contributed by atoms with Crippen LogP contribution in [0.2, 0.25) is 0 Å². The molecule has 1 N–H and O–H groups in total. The molecular formula is C15H17BrO2. The predicted octanol–water partition coefficient (Wildman–Crippen LogP) is 4.81. The first kappa shape index (κ1) is 12.2. The van der Waals surface area contributed by atoms with Gasteiger partial charge in [0.05, 0.1) is 4.47 Å². The van der Waals surface area contributed by atoms with E-state index >= 15 is 0 Å². The van der Waals surface area contributed by atoms with E-state index in [2.05, 4.69) is 15.9 Å². The van der Waals surface area contributed by atoms with Crippen molar-refractivity contribution in [1.82, 2.24) is 0 Å². The van der Waals surface area contributed by atoms with Gasteiger partial charge in [0.15, 0.2) is 0 Å². The molecule has 1 saturated carbocycles. The molecule has 1 aromatic carbocycles. The number of para-hydroxylation sites is 1. The van der Waals surface area contributed by atoms with Crippen LogP contribution in [0.3, 0.4) is 0 Å². The molecule has 96 valence electrons. The highest BCUT2D eigenvalue weighted by molar-refractivity contribution is 9.10. The highest BCUT2D eigenvalue weighted by Crippen LogP contribution is 2.35. The number of rotatable bonds is 3. The number of fused-ring (bicyclic) bond motifs is 1. The van der Waals surface area contributed by atoms with Gasteiger partial charge in [-0.25, -0.2) is 0 Å². The van der Waals surface area contributed by atoms with Gasteiger partial charge in [-0.15, -0.1) is 0 Å². The zero-order valence-corrected chi connectivity index (χ0v) is 11.8. The molecule has 0 aliphatic heterocycles. The van der Waals surface area contributed by atoms with Crippen molar-refractivity contribution in [1.29, 1.82) is 0 Å². The molecule has 2 nitrogen and oxygen atoms in total. The van der Waals surface area contributed by atoms with E-state index in [-0.39, 0.29) is 0 Å². The van der Waals surface area contributed by atoms with Crippen molar-refractivity contribution in [2.45, 2.75) is 38.2 Å². The van der Waals surface area contributed by atoms with Crippen LogP contribution >= 0.6 is 15.9 Å². The smallest absolute Gasteiger partial charge is 0.148 e. The Morgan fingerprint density at radius 3 is 2.83 bits per heavy atom. The van der Waals surface area contributed by atoms with Gasteiger partial charge < -0.3 is 9.52 Å². The average Bonchev–Trinajstić information content (AvgIpc) is 2.97. The molecule has 1 fully saturated rings. The number of hydrogen-bond donors (Lipinski definition) is 1. The van der Waals surface area contributed by atoms with Gasteiger partial charge in [-0.3, -0.25) is 0 Å². The van der Waals surface area contributed by atoms with Crippen LogP contribution < -0.4 is 0 Å². The molecular weight excluding hydrogens is 292 g/mol. The van der Waals surface area contributed by atoms with Crippen LogP contribution in [-0.4, -0.2) is 5.11 Å². The van der Waals surface area contributed by atoms with E-state index in [0.717, 1.165) is 21.9 Å². The minimum absolute atomic E-state index is 0.465. The van der Waals surface area contributed by atoms with E-state index in [1.807, 2.05) is 24.3 Å². The van der Waals surface area contributed by atoms with Crippen LogP contribution in [0.15, 0.2) is 33.2 Å². The summed E-state index contributed by atoms with van der Waals surface area (Å²) in [6, 6.07) is 7.91. The summed E-state index contributed by atoms with van der Waals surface area (Å²) in [6.07, 6.45) is 5.48. The maximum absolute atomic E-state index is 10.3. The minimum atomic E-state index is -0.465. The van der Waals surface area contributed by atoms with Gasteiger partial charge in [0.1, 0.15) is 17.4 Å². The Morgan fingerprint density at radius 1 is 1.33 bits per heavy atom. The summed E-state index contributed by atoms with van der Waals surface area (Å²) in [5, 5.41) is 11.3. The maximum atomic E-state index is 10.3. The standard InChI is InChI=1S/C15H17BrO2/c16-12-7-3-6-11-9-14(18-15(11)12)13(17)8-10-4-1-2-5-10/h3,6-7,9-10,13,17H,1-2,4-5,8H2. The van der Waals surface area contributed by atoms with E-state index in [1.165, 1.54) is 25.7 Å². The molecule has 1 unspecified atom stereocenters. The van der Waals surface area contributed by atoms with Gasteiger partial charge in [0, 0.05) is 5.39 Å². The van der Waals surface area contributed by atoms with E-state index < -0.39 is 6.10 Å². The lowest BCUT2D eigenvalue weighted by atomic mass is 9.99. The minimum Gasteiger partial charge on any atom is -0.457 e. The summed E-state index contributed by atoms with van der Waals surface area (Å²) in [6.45, 7) is 0. The number of hydrogen-bond acceptors (Lipinski definition) is 2. The zero-order chi connectivity index (χ0) is 12.5. The molecule has 3 heteroatoms. The molecule has 0 saturated heterocycles. The predicted molar refractivity (Wildman–Crippen MR) is 75.4 cm³/mol. The normalized spacial score (nSPS) is 18.6. The Hall–Kier alpha value is -0.800. The average molecular weight is 309 g/mol. The lowest BCUT2D eigenvalue weighted by molar-refractivity contribution is 0.122. The topological polar surface area (TPSA) is 33.4 Å². The second-order valence-electron chi connectivity index (χ2n) is 5.21. The van der Waals surface area contributed by atoms with Crippen molar-refractivity contribution in [2.24, 2.45) is 5.92 Å². The molecule has 0 radical (unpaired) electrons. The van der Waals surface area contributed by atoms with Crippen molar-refractivity contribution in [3.63, 3.8) is 0 Å². The first-order valence-electron chi connectivity index (χ1n) is 6.60. The van der Waals surface area contributed by atoms with Crippen LogP contribution in [0.25, 0.3) is 11.0 Å². The molecule has 18 heavy (non-hydrogen) atoms. The van der Waals surface area contributed by atoms with E-state index in [4.69, 9.17) is 4.42 Å². The maximum Gasteiger partial charge on any atom is 0.148 e. The summed E-state index contributed by atoms with van der Waals surface area (Å²) < 4.78 is 6.72. The Balaban J connectivity index is 1.82. The largest absolute Gasteiger partial charge is 0.457 e. The van der Waals surface area contributed by atoms with Crippen molar-refractivity contribution < 1.29 is 9.52 Å². The number of halogens is 1. The monoisotopic (exact) mass is 308 g/mol. The Labute approximate surface area is 115 Å². The molecule has 1 aliphatic carbocycles. The number of aliphatic hydroxyl groups is 1. The van der Waals surface area contributed by atoms with Crippen LogP contribution in [0.4, 0.5) is 0 Å². The lowest BCUT2D eigenvalue weighted by Crippen LogP contribution is -2.03. The summed E-state index contributed by atoms with van der Waals surface area (Å²) in [5.74, 6) is 1.36. The molecule has 1 aromatic heterocycles. The van der Waals surface area contributed by atoms with E-state index in [1.54, 1.807) is 0 Å². The van der Waals surface area contributed by atoms with Crippen molar-refractivity contribution in [3.05, 3.63) is 34.5 Å². The van der Waals surface area contributed by atoms with E-state index in [0.29, 0.717) is 11.7 Å². The molecule has 0 amide bonds. The van der Waals surface area contributed by atoms with Crippen LogP contribution in [0, 0.1) is 5.92 Å². The fraction of sp³-hybridized carbons (Fsp3) is 0.467. The molecule has 0 spiro atoms. The number of benzene rings is 1. The third-order valence-corrected chi connectivity index (χ3v) is 4.50. The van der Waals surface area contributed by atoms with E-state index in [9.17, 15) is 5.11 Å². The Bertz CT molecular complexity index is 540. The number of furan rings is 1. The van der Waals surface area contributed by atoms with Crippen molar-refractivity contribution in [3.8, 4) is 0 Å². The van der Waals surface area contributed by atoms with Gasteiger partial charge >= 0.3 is 0 Å². The third kappa shape index (κ3) is 2.34. The first-order valence-corrected chi connectivity index (χ1v) is 7.39. The van der Waals surface area contributed by atoms with Crippen molar-refractivity contribution >= 4 is 26.9 Å². The molecule has 2 aromatic rings. The zero-order valence-electron chi connectivity index (χ0n) is 10.2. The fourth-order valence-electron chi connectivity index (χ4n) is 2.89. The SMILES string of the molecule is OC(CC1CCCC1)c1cc2cccc(Br)c2o1. The highest BCUT2D eigenvalue weighted by Gasteiger charge is 2.22. The molecule has 0 bridgehead atoms. The van der Waals surface area contributed by atoms with Crippen LogP contribution in [0.5, 0.6) is 0 Å². The Morgan fingerprint density at radius 2 is 2.11 bits per heavy atom. The van der Waals surface area contributed by atoms with Crippen molar-refractivity contribution in [2.75, 3.05) is 0 Å². The molecule has 1 aliphatic rings. The highest BCUT2D eigenvalue weighted by atomic mass is 79.9. The first-order chi connectivity index (χ1) is 8.74. The quantitative estimate of drug-likeness (QED) is 0.882. The second kappa shape index (κ2) is 5.06. The molecule has 1 heterocycles. The van der Waals surface area contributed by atoms with Gasteiger partial charge in [-0.1, -0.05) is 37.8 Å². The molecule has 3 rings (SSSR count). The molecule has 1 atom stereocenters. The summed E-state index contributed by atoms with van der Waals surface area (Å²) in [4.78, 5) is 0. The summed E-state index contributed by atoms with van der Waals surface area (Å²) >= 11 is 3.47. The van der Waals surface area contributed by atoms with Crippen LogP contribution in [-0.2, 0) is 0 Å². The lowest BCUT2D eigenvalue weighted by Gasteiger charge is -2.12. The van der Waals surface area contributed by atoms with Gasteiger partial charge in [-0.2, -0.15) is 0 Å². The number of aliphatic hydroxyl groups excluding tert-OH is 1.